The maximum absolute atomic E-state index is 12.0. The van der Waals surface area contributed by atoms with Crippen LogP contribution in [0.2, 0.25) is 0 Å². The van der Waals surface area contributed by atoms with Crippen molar-refractivity contribution in [3.8, 4) is 0 Å². The van der Waals surface area contributed by atoms with E-state index in [0.717, 1.165) is 42.9 Å². The Morgan fingerprint density at radius 1 is 1.41 bits per heavy atom. The molecule has 2 rings (SSSR count). The molecule has 0 bridgehead atoms. The van der Waals surface area contributed by atoms with Gasteiger partial charge in [0.25, 0.3) is 0 Å². The van der Waals surface area contributed by atoms with Gasteiger partial charge in [-0.15, -0.1) is 0 Å². The number of aryl methyl sites for hydroxylation is 1. The van der Waals surface area contributed by atoms with Crippen LogP contribution in [0.1, 0.15) is 49.6 Å². The van der Waals surface area contributed by atoms with Crippen molar-refractivity contribution in [3.05, 3.63) is 17.0 Å². The van der Waals surface area contributed by atoms with Gasteiger partial charge in [-0.3, -0.25) is 8.89 Å². The lowest BCUT2D eigenvalue weighted by atomic mass is 9.94. The van der Waals surface area contributed by atoms with Crippen LogP contribution in [0.5, 0.6) is 0 Å². The van der Waals surface area contributed by atoms with Crippen LogP contribution in [0.4, 0.5) is 0 Å². The lowest BCUT2D eigenvalue weighted by molar-refractivity contribution is 0.267. The van der Waals surface area contributed by atoms with Gasteiger partial charge in [0.2, 0.25) is 0 Å². The number of aliphatic hydroxyl groups excluding tert-OH is 1. The molecule has 1 fully saturated rings. The molecular formula is C16H29N3O2S. The minimum Gasteiger partial charge on any atom is -0.394 e. The van der Waals surface area contributed by atoms with E-state index < -0.39 is 10.8 Å². The van der Waals surface area contributed by atoms with Gasteiger partial charge >= 0.3 is 0 Å². The smallest absolute Gasteiger partial charge is 0.0644 e. The Bertz CT molecular complexity index is 516. The Morgan fingerprint density at radius 3 is 2.86 bits per heavy atom. The number of nitrogens with zero attached hydrogens (tertiary/aromatic N) is 2. The average molecular weight is 327 g/mol. The number of aliphatic hydroxyl groups is 1. The molecule has 3 atom stereocenters. The zero-order valence-electron chi connectivity index (χ0n) is 14.0. The number of aromatic nitrogens is 2. The summed E-state index contributed by atoms with van der Waals surface area (Å²) in [7, 11) is -0.674. The molecule has 2 N–H and O–H groups in total. The molecule has 0 saturated heterocycles. The van der Waals surface area contributed by atoms with Gasteiger partial charge in [-0.2, -0.15) is 5.10 Å². The van der Waals surface area contributed by atoms with Crippen LogP contribution in [-0.4, -0.2) is 42.7 Å². The summed E-state index contributed by atoms with van der Waals surface area (Å²) in [5, 5.41) is 17.6. The Kier molecular flexibility index (Phi) is 6.59. The van der Waals surface area contributed by atoms with Crippen LogP contribution in [0, 0.1) is 13.8 Å². The van der Waals surface area contributed by atoms with E-state index in [9.17, 15) is 4.21 Å². The standard InChI is InChI=1S/C16H29N3O2S/c1-4-22(21)15-7-5-6-14(10-15)17-11-16-12(2)18-19(8-9-20)13(16)3/h14-15,17,20H,4-11H2,1-3H3. The SMILES string of the molecule is CCS(=O)C1CCCC(NCc2c(C)nn(CCO)c2C)C1. The molecule has 1 aliphatic rings. The van der Waals surface area contributed by atoms with Crippen LogP contribution in [0.15, 0.2) is 0 Å². The van der Waals surface area contributed by atoms with Crippen molar-refractivity contribution in [3.63, 3.8) is 0 Å². The first-order chi connectivity index (χ1) is 10.6. The van der Waals surface area contributed by atoms with Gasteiger partial charge in [-0.1, -0.05) is 13.3 Å². The molecule has 0 aromatic carbocycles. The van der Waals surface area contributed by atoms with Crippen molar-refractivity contribution in [1.29, 1.82) is 0 Å². The van der Waals surface area contributed by atoms with E-state index in [1.165, 1.54) is 12.0 Å². The molecule has 6 heteroatoms. The van der Waals surface area contributed by atoms with Gasteiger partial charge in [0, 0.05) is 45.6 Å². The maximum Gasteiger partial charge on any atom is 0.0644 e. The highest BCUT2D eigenvalue weighted by Gasteiger charge is 2.25. The van der Waals surface area contributed by atoms with Crippen molar-refractivity contribution >= 4 is 10.8 Å². The lowest BCUT2D eigenvalue weighted by Gasteiger charge is -2.29. The summed E-state index contributed by atoms with van der Waals surface area (Å²) < 4.78 is 13.9. The minimum absolute atomic E-state index is 0.113. The fourth-order valence-corrected chi connectivity index (χ4v) is 4.70. The molecule has 0 amide bonds. The summed E-state index contributed by atoms with van der Waals surface area (Å²) in [6, 6.07) is 0.453. The molecule has 0 radical (unpaired) electrons. The number of hydrogen-bond acceptors (Lipinski definition) is 4. The first kappa shape index (κ1) is 17.6. The van der Waals surface area contributed by atoms with Crippen molar-refractivity contribution in [2.24, 2.45) is 0 Å². The zero-order chi connectivity index (χ0) is 16.1. The molecule has 0 aliphatic heterocycles. The number of rotatable bonds is 7. The number of nitrogens with one attached hydrogen (secondary N) is 1. The quantitative estimate of drug-likeness (QED) is 0.799. The predicted octanol–water partition coefficient (Wildman–Crippen LogP) is 1.66. The second kappa shape index (κ2) is 8.22. The molecule has 0 spiro atoms. The largest absolute Gasteiger partial charge is 0.394 e. The van der Waals surface area contributed by atoms with Gasteiger partial charge < -0.3 is 10.4 Å². The van der Waals surface area contributed by atoms with Crippen molar-refractivity contribution in [1.82, 2.24) is 15.1 Å². The van der Waals surface area contributed by atoms with Crippen molar-refractivity contribution < 1.29 is 9.32 Å². The fourth-order valence-electron chi connectivity index (χ4n) is 3.35. The molecule has 126 valence electrons. The van der Waals surface area contributed by atoms with E-state index in [4.69, 9.17) is 5.11 Å². The van der Waals surface area contributed by atoms with E-state index in [1.807, 2.05) is 18.5 Å². The molecule has 1 aliphatic carbocycles. The summed E-state index contributed by atoms with van der Waals surface area (Å²) in [5.74, 6) is 0.767. The molecule has 22 heavy (non-hydrogen) atoms. The molecule has 1 heterocycles. The van der Waals surface area contributed by atoms with E-state index in [0.29, 0.717) is 17.8 Å². The highest BCUT2D eigenvalue weighted by molar-refractivity contribution is 7.85. The van der Waals surface area contributed by atoms with Gasteiger partial charge in [-0.25, -0.2) is 0 Å². The van der Waals surface area contributed by atoms with Crippen LogP contribution in [0.3, 0.4) is 0 Å². The maximum atomic E-state index is 12.0. The first-order valence-corrected chi connectivity index (χ1v) is 9.69. The fraction of sp³-hybridized carbons (Fsp3) is 0.812. The van der Waals surface area contributed by atoms with Gasteiger partial charge in [0.1, 0.15) is 0 Å². The second-order valence-electron chi connectivity index (χ2n) is 6.13. The van der Waals surface area contributed by atoms with Crippen molar-refractivity contribution in [2.45, 2.75) is 70.8 Å². The van der Waals surface area contributed by atoms with Crippen LogP contribution < -0.4 is 5.32 Å². The van der Waals surface area contributed by atoms with E-state index in [-0.39, 0.29) is 6.61 Å². The second-order valence-corrected chi connectivity index (χ2v) is 8.14. The number of hydrogen-bond donors (Lipinski definition) is 2. The van der Waals surface area contributed by atoms with Crippen molar-refractivity contribution in [2.75, 3.05) is 12.4 Å². The Labute approximate surface area is 135 Å². The highest BCUT2D eigenvalue weighted by atomic mass is 32.2. The first-order valence-electron chi connectivity index (χ1n) is 8.31. The van der Waals surface area contributed by atoms with Gasteiger partial charge in [0.05, 0.1) is 18.8 Å². The monoisotopic (exact) mass is 327 g/mol. The lowest BCUT2D eigenvalue weighted by Crippen LogP contribution is -2.37. The minimum atomic E-state index is -0.674. The third-order valence-corrected chi connectivity index (χ3v) is 6.43. The molecular weight excluding hydrogens is 298 g/mol. The summed E-state index contributed by atoms with van der Waals surface area (Å²) in [6.07, 6.45) is 4.45. The van der Waals surface area contributed by atoms with E-state index in [2.05, 4.69) is 17.3 Å². The molecule has 1 saturated carbocycles. The van der Waals surface area contributed by atoms with E-state index >= 15 is 0 Å². The summed E-state index contributed by atoms with van der Waals surface area (Å²) in [6.45, 7) is 7.56. The summed E-state index contributed by atoms with van der Waals surface area (Å²) >= 11 is 0. The Morgan fingerprint density at radius 2 is 2.18 bits per heavy atom. The van der Waals surface area contributed by atoms with Gasteiger partial charge in [-0.05, 0) is 33.1 Å². The third-order valence-electron chi connectivity index (χ3n) is 4.69. The topological polar surface area (TPSA) is 67.2 Å². The highest BCUT2D eigenvalue weighted by Crippen LogP contribution is 2.23. The molecule has 1 aromatic rings. The predicted molar refractivity (Wildman–Crippen MR) is 90.4 cm³/mol. The van der Waals surface area contributed by atoms with E-state index in [1.54, 1.807) is 0 Å². The summed E-state index contributed by atoms with van der Waals surface area (Å²) in [4.78, 5) is 0. The normalized spacial score (nSPS) is 23.6. The Balaban J connectivity index is 1.94. The molecule has 5 nitrogen and oxygen atoms in total. The zero-order valence-corrected chi connectivity index (χ0v) is 14.8. The average Bonchev–Trinajstić information content (AvgIpc) is 2.79. The Hall–Kier alpha value is -0.720. The molecule has 1 aromatic heterocycles. The van der Waals surface area contributed by atoms with Crippen LogP contribution in [0.25, 0.3) is 0 Å². The van der Waals surface area contributed by atoms with Gasteiger partial charge in [0.15, 0.2) is 0 Å². The summed E-state index contributed by atoms with van der Waals surface area (Å²) in [5.41, 5.74) is 3.39. The third kappa shape index (κ3) is 4.18. The van der Waals surface area contributed by atoms with Crippen LogP contribution in [-0.2, 0) is 23.9 Å². The van der Waals surface area contributed by atoms with Crippen LogP contribution >= 0.6 is 0 Å². The molecule has 3 unspecified atom stereocenters.